The second kappa shape index (κ2) is 10.4. The fourth-order valence-electron chi connectivity index (χ4n) is 4.71. The Kier molecular flexibility index (Phi) is 6.67. The van der Waals surface area contributed by atoms with Crippen LogP contribution in [0.5, 0.6) is 0 Å². The van der Waals surface area contributed by atoms with Crippen LogP contribution in [-0.4, -0.2) is 52.3 Å². The van der Waals surface area contributed by atoms with Gasteiger partial charge in [-0.15, -0.1) is 22.7 Å². The number of carbonyl (C=O) groups excluding carboxylic acids is 2. The van der Waals surface area contributed by atoms with Crippen LogP contribution in [0.2, 0.25) is 0 Å². The number of nitrogens with one attached hydrogen (secondary N) is 2. The number of hydrogen-bond acceptors (Lipinski definition) is 9. The fourth-order valence-corrected chi connectivity index (χ4v) is 6.53. The third-order valence-electron chi connectivity index (χ3n) is 6.59. The van der Waals surface area contributed by atoms with E-state index in [0.29, 0.717) is 35.0 Å². The lowest BCUT2D eigenvalue weighted by atomic mass is 10.0. The zero-order valence-electron chi connectivity index (χ0n) is 21.3. The van der Waals surface area contributed by atoms with Crippen molar-refractivity contribution >= 4 is 67.6 Å². The summed E-state index contributed by atoms with van der Waals surface area (Å²) in [4.78, 5) is 45.4. The summed E-state index contributed by atoms with van der Waals surface area (Å²) in [5, 5.41) is 9.37. The number of carbonyl (C=O) groups is 2. The van der Waals surface area contributed by atoms with E-state index in [4.69, 9.17) is 0 Å². The SMILES string of the molecule is CN(C)c1ccc(Nc2ncnc3sc4c(c23)CCN(C(=O)c2ccncc2)C4)cc1NC(=O)c1cccs1. The predicted molar refractivity (Wildman–Crippen MR) is 156 cm³/mol. The van der Waals surface area contributed by atoms with E-state index in [9.17, 15) is 9.59 Å². The molecule has 0 bridgehead atoms. The lowest BCUT2D eigenvalue weighted by molar-refractivity contribution is 0.0737. The van der Waals surface area contributed by atoms with Crippen molar-refractivity contribution in [2.24, 2.45) is 0 Å². The lowest BCUT2D eigenvalue weighted by Crippen LogP contribution is -2.35. The van der Waals surface area contributed by atoms with Crippen LogP contribution in [0.3, 0.4) is 0 Å². The second-order valence-electron chi connectivity index (χ2n) is 9.30. The highest BCUT2D eigenvalue weighted by Gasteiger charge is 2.27. The van der Waals surface area contributed by atoms with Gasteiger partial charge in [-0.2, -0.15) is 0 Å². The average molecular weight is 556 g/mol. The fraction of sp³-hybridized carbons (Fsp3) is 0.179. The normalized spacial score (nSPS) is 12.7. The van der Waals surface area contributed by atoms with Crippen molar-refractivity contribution in [3.8, 4) is 0 Å². The van der Waals surface area contributed by atoms with Crippen molar-refractivity contribution in [2.45, 2.75) is 13.0 Å². The van der Waals surface area contributed by atoms with E-state index in [1.165, 1.54) is 16.9 Å². The number of thiophene rings is 2. The van der Waals surface area contributed by atoms with Crippen LogP contribution in [0.15, 0.2) is 66.6 Å². The summed E-state index contributed by atoms with van der Waals surface area (Å²) in [6.45, 7) is 1.15. The molecule has 0 aliphatic carbocycles. The van der Waals surface area contributed by atoms with E-state index in [0.717, 1.165) is 32.9 Å². The van der Waals surface area contributed by atoms with Crippen molar-refractivity contribution in [1.29, 1.82) is 0 Å². The van der Waals surface area contributed by atoms with Gasteiger partial charge in [0.25, 0.3) is 11.8 Å². The number of pyridine rings is 1. The first kappa shape index (κ1) is 25.0. The highest BCUT2D eigenvalue weighted by atomic mass is 32.1. The largest absolute Gasteiger partial charge is 0.376 e. The molecule has 1 aliphatic rings. The molecule has 4 aromatic heterocycles. The van der Waals surface area contributed by atoms with Gasteiger partial charge in [0.1, 0.15) is 17.0 Å². The maximum atomic E-state index is 13.0. The summed E-state index contributed by atoms with van der Waals surface area (Å²) >= 11 is 3.00. The molecule has 39 heavy (non-hydrogen) atoms. The van der Waals surface area contributed by atoms with E-state index in [-0.39, 0.29) is 11.8 Å². The molecule has 1 aliphatic heterocycles. The number of amides is 2. The number of anilines is 4. The molecule has 0 saturated heterocycles. The minimum atomic E-state index is -0.146. The molecular formula is C28H25N7O2S2. The summed E-state index contributed by atoms with van der Waals surface area (Å²) in [5.74, 6) is 0.565. The third-order valence-corrected chi connectivity index (χ3v) is 8.58. The maximum absolute atomic E-state index is 13.0. The zero-order chi connectivity index (χ0) is 26.9. The predicted octanol–water partition coefficient (Wildman–Crippen LogP) is 5.41. The zero-order valence-corrected chi connectivity index (χ0v) is 23.0. The van der Waals surface area contributed by atoms with Gasteiger partial charge >= 0.3 is 0 Å². The number of benzene rings is 1. The molecule has 11 heteroatoms. The van der Waals surface area contributed by atoms with Crippen LogP contribution in [0, 0.1) is 0 Å². The molecule has 0 atom stereocenters. The molecular weight excluding hydrogens is 530 g/mol. The minimum absolute atomic E-state index is 0.00282. The molecule has 1 aromatic carbocycles. The number of nitrogens with zero attached hydrogens (tertiary/aromatic N) is 5. The average Bonchev–Trinajstić information content (AvgIpc) is 3.62. The number of rotatable bonds is 6. The van der Waals surface area contributed by atoms with Gasteiger partial charge in [0.2, 0.25) is 0 Å². The third kappa shape index (κ3) is 4.93. The molecule has 5 heterocycles. The Labute approximate surface area is 233 Å². The highest BCUT2D eigenvalue weighted by molar-refractivity contribution is 7.19. The summed E-state index contributed by atoms with van der Waals surface area (Å²) < 4.78 is 0. The van der Waals surface area contributed by atoms with Gasteiger partial charge in [-0.05, 0) is 53.8 Å². The first-order valence-electron chi connectivity index (χ1n) is 12.4. The molecule has 0 radical (unpaired) electrons. The molecule has 2 amide bonds. The Morgan fingerprint density at radius 2 is 1.92 bits per heavy atom. The smallest absolute Gasteiger partial charge is 0.265 e. The van der Waals surface area contributed by atoms with Crippen molar-refractivity contribution in [3.05, 3.63) is 87.4 Å². The summed E-state index contributed by atoms with van der Waals surface area (Å²) in [7, 11) is 3.88. The van der Waals surface area contributed by atoms with E-state index in [1.807, 2.05) is 53.5 Å². The molecule has 0 spiro atoms. The molecule has 0 saturated carbocycles. The van der Waals surface area contributed by atoms with Gasteiger partial charge in [-0.1, -0.05) is 6.07 Å². The van der Waals surface area contributed by atoms with Gasteiger partial charge in [0.05, 0.1) is 28.2 Å². The summed E-state index contributed by atoms with van der Waals surface area (Å²) in [6.07, 6.45) is 5.55. The minimum Gasteiger partial charge on any atom is -0.376 e. The first-order valence-corrected chi connectivity index (χ1v) is 14.1. The van der Waals surface area contributed by atoms with Gasteiger partial charge < -0.3 is 20.4 Å². The number of aromatic nitrogens is 3. The second-order valence-corrected chi connectivity index (χ2v) is 11.3. The quantitative estimate of drug-likeness (QED) is 0.289. The molecule has 6 rings (SSSR count). The van der Waals surface area contributed by atoms with Crippen molar-refractivity contribution in [1.82, 2.24) is 19.9 Å². The Bertz CT molecular complexity index is 1670. The van der Waals surface area contributed by atoms with Crippen LogP contribution in [0.4, 0.5) is 22.9 Å². The van der Waals surface area contributed by atoms with E-state index in [1.54, 1.807) is 48.3 Å². The van der Waals surface area contributed by atoms with Crippen LogP contribution >= 0.6 is 22.7 Å². The lowest BCUT2D eigenvalue weighted by Gasteiger charge is -2.27. The van der Waals surface area contributed by atoms with Gasteiger partial charge in [-0.25, -0.2) is 9.97 Å². The molecule has 0 unspecified atom stereocenters. The van der Waals surface area contributed by atoms with Gasteiger partial charge in [-0.3, -0.25) is 14.6 Å². The first-order chi connectivity index (χ1) is 19.0. The molecule has 5 aromatic rings. The Hall–Kier alpha value is -4.35. The molecule has 2 N–H and O–H groups in total. The van der Waals surface area contributed by atoms with Gasteiger partial charge in [0.15, 0.2) is 0 Å². The molecule has 196 valence electrons. The Balaban J connectivity index is 1.29. The van der Waals surface area contributed by atoms with Crippen LogP contribution < -0.4 is 15.5 Å². The molecule has 9 nitrogen and oxygen atoms in total. The van der Waals surface area contributed by atoms with Gasteiger partial charge in [0, 0.05) is 49.2 Å². The highest BCUT2D eigenvalue weighted by Crippen LogP contribution is 2.39. The maximum Gasteiger partial charge on any atom is 0.265 e. The monoisotopic (exact) mass is 555 g/mol. The number of hydrogen-bond donors (Lipinski definition) is 2. The van der Waals surface area contributed by atoms with Crippen LogP contribution in [-0.2, 0) is 13.0 Å². The summed E-state index contributed by atoms with van der Waals surface area (Å²) in [6, 6.07) is 13.0. The number of fused-ring (bicyclic) bond motifs is 3. The molecule has 0 fully saturated rings. The Morgan fingerprint density at radius 3 is 2.69 bits per heavy atom. The van der Waals surface area contributed by atoms with E-state index in [2.05, 4.69) is 25.6 Å². The van der Waals surface area contributed by atoms with E-state index >= 15 is 0 Å². The standard InChI is InChI=1S/C28H25N7O2S2/c1-34(2)21-6-5-18(14-20(21)33-26(36)22-4-3-13-38-22)32-25-24-19-9-12-35(28(37)17-7-10-29-11-8-17)15-23(19)39-27(24)31-16-30-25/h3-8,10-11,13-14,16H,9,12,15H2,1-2H3,(H,33,36)(H,30,31,32). The summed E-state index contributed by atoms with van der Waals surface area (Å²) in [5.41, 5.74) is 4.21. The Morgan fingerprint density at radius 1 is 1.08 bits per heavy atom. The van der Waals surface area contributed by atoms with Crippen molar-refractivity contribution in [3.63, 3.8) is 0 Å². The van der Waals surface area contributed by atoms with Crippen molar-refractivity contribution in [2.75, 3.05) is 36.2 Å². The van der Waals surface area contributed by atoms with Crippen LogP contribution in [0.1, 0.15) is 30.5 Å². The topological polar surface area (TPSA) is 103 Å². The van der Waals surface area contributed by atoms with Crippen LogP contribution in [0.25, 0.3) is 10.2 Å². The van der Waals surface area contributed by atoms with Crippen molar-refractivity contribution < 1.29 is 9.59 Å². The van der Waals surface area contributed by atoms with E-state index < -0.39 is 0 Å².